The van der Waals surface area contributed by atoms with Crippen LogP contribution in [0.5, 0.6) is 0 Å². The van der Waals surface area contributed by atoms with Crippen molar-refractivity contribution in [3.63, 3.8) is 0 Å². The van der Waals surface area contributed by atoms with Crippen molar-refractivity contribution in [2.45, 2.75) is 36.1 Å². The highest BCUT2D eigenvalue weighted by atomic mass is 32.2. The molecule has 3 rings (SSSR count). The molecule has 1 saturated carbocycles. The fourth-order valence-corrected chi connectivity index (χ4v) is 3.61. The Kier molecular flexibility index (Phi) is 5.81. The zero-order valence-electron chi connectivity index (χ0n) is 13.0. The van der Waals surface area contributed by atoms with E-state index in [9.17, 15) is 9.59 Å². The maximum atomic E-state index is 11.9. The first-order valence-corrected chi connectivity index (χ1v) is 9.59. The number of amides is 2. The molecule has 1 aliphatic carbocycles. The zero-order chi connectivity index (χ0) is 16.8. The van der Waals surface area contributed by atoms with Crippen LogP contribution in [0.2, 0.25) is 0 Å². The molecule has 1 aliphatic rings. The van der Waals surface area contributed by atoms with Crippen LogP contribution in [-0.4, -0.2) is 33.8 Å². The minimum absolute atomic E-state index is 0.0196. The quantitative estimate of drug-likeness (QED) is 0.557. The molecule has 8 heteroatoms. The van der Waals surface area contributed by atoms with Crippen molar-refractivity contribution in [2.24, 2.45) is 0 Å². The van der Waals surface area contributed by atoms with E-state index in [4.69, 9.17) is 0 Å². The van der Waals surface area contributed by atoms with Gasteiger partial charge in [0.2, 0.25) is 16.9 Å². The van der Waals surface area contributed by atoms with Gasteiger partial charge in [0.1, 0.15) is 0 Å². The number of aryl methyl sites for hydroxylation is 1. The van der Waals surface area contributed by atoms with Gasteiger partial charge in [0.15, 0.2) is 4.34 Å². The van der Waals surface area contributed by atoms with Crippen LogP contribution < -0.4 is 10.6 Å². The number of hydrogen-bond donors (Lipinski definition) is 2. The maximum absolute atomic E-state index is 11.9. The Labute approximate surface area is 148 Å². The Bertz CT molecular complexity index is 701. The third-order valence-corrected chi connectivity index (χ3v) is 5.38. The van der Waals surface area contributed by atoms with Gasteiger partial charge < -0.3 is 10.6 Å². The SMILES string of the molecule is O=C(CCc1ccccc1)Nc1nnc(SCC(=O)NC2CC2)s1. The highest BCUT2D eigenvalue weighted by Crippen LogP contribution is 2.26. The second kappa shape index (κ2) is 8.25. The molecule has 2 amide bonds. The monoisotopic (exact) mass is 362 g/mol. The summed E-state index contributed by atoms with van der Waals surface area (Å²) in [6.45, 7) is 0. The Morgan fingerprint density at radius 1 is 1.17 bits per heavy atom. The molecule has 1 aromatic carbocycles. The molecule has 6 nitrogen and oxygen atoms in total. The first-order chi connectivity index (χ1) is 11.7. The van der Waals surface area contributed by atoms with Gasteiger partial charge in [-0.15, -0.1) is 10.2 Å². The molecule has 0 bridgehead atoms. The lowest BCUT2D eigenvalue weighted by molar-refractivity contribution is -0.118. The summed E-state index contributed by atoms with van der Waals surface area (Å²) in [5.41, 5.74) is 1.13. The van der Waals surface area contributed by atoms with Crippen molar-refractivity contribution < 1.29 is 9.59 Å². The van der Waals surface area contributed by atoms with E-state index in [0.717, 1.165) is 18.4 Å². The van der Waals surface area contributed by atoms with Gasteiger partial charge in [0, 0.05) is 12.5 Å². The molecular formula is C16H18N4O2S2. The van der Waals surface area contributed by atoms with Crippen molar-refractivity contribution in [1.82, 2.24) is 15.5 Å². The summed E-state index contributed by atoms with van der Waals surface area (Å²) >= 11 is 2.63. The first-order valence-electron chi connectivity index (χ1n) is 7.78. The second-order valence-electron chi connectivity index (χ2n) is 5.54. The molecule has 1 fully saturated rings. The fourth-order valence-electron chi connectivity index (χ4n) is 2.03. The number of benzene rings is 1. The third kappa shape index (κ3) is 5.61. The Balaban J connectivity index is 1.39. The number of carbonyl (C=O) groups is 2. The van der Waals surface area contributed by atoms with Crippen LogP contribution >= 0.6 is 23.1 Å². The van der Waals surface area contributed by atoms with E-state index in [2.05, 4.69) is 20.8 Å². The van der Waals surface area contributed by atoms with Crippen LogP contribution in [0, 0.1) is 0 Å². The van der Waals surface area contributed by atoms with E-state index in [0.29, 0.717) is 34.1 Å². The molecule has 1 aromatic heterocycles. The summed E-state index contributed by atoms with van der Waals surface area (Å²) in [6, 6.07) is 10.2. The minimum atomic E-state index is -0.0852. The van der Waals surface area contributed by atoms with E-state index < -0.39 is 0 Å². The summed E-state index contributed by atoms with van der Waals surface area (Å²) in [5.74, 6) is 0.261. The Morgan fingerprint density at radius 2 is 1.96 bits per heavy atom. The number of thioether (sulfide) groups is 1. The van der Waals surface area contributed by atoms with Gasteiger partial charge in [-0.1, -0.05) is 53.4 Å². The van der Waals surface area contributed by atoms with Gasteiger partial charge in [0.25, 0.3) is 0 Å². The molecule has 126 valence electrons. The number of aromatic nitrogens is 2. The Hall–Kier alpha value is -1.93. The summed E-state index contributed by atoms with van der Waals surface area (Å²) in [7, 11) is 0. The maximum Gasteiger partial charge on any atom is 0.230 e. The largest absolute Gasteiger partial charge is 0.353 e. The van der Waals surface area contributed by atoms with Crippen LogP contribution in [0.1, 0.15) is 24.8 Å². The standard InChI is InChI=1S/C16H18N4O2S2/c21-13(9-6-11-4-2-1-3-5-11)18-15-19-20-16(24-15)23-10-14(22)17-12-7-8-12/h1-5,12H,6-10H2,(H,17,22)(H,18,19,21). The molecule has 2 aromatic rings. The molecule has 0 saturated heterocycles. The van der Waals surface area contributed by atoms with Gasteiger partial charge in [-0.2, -0.15) is 0 Å². The van der Waals surface area contributed by atoms with Crippen molar-refractivity contribution in [3.8, 4) is 0 Å². The van der Waals surface area contributed by atoms with Gasteiger partial charge >= 0.3 is 0 Å². The van der Waals surface area contributed by atoms with Crippen molar-refractivity contribution in [2.75, 3.05) is 11.1 Å². The average molecular weight is 362 g/mol. The average Bonchev–Trinajstić information content (AvgIpc) is 3.29. The lowest BCUT2D eigenvalue weighted by Gasteiger charge is -2.01. The van der Waals surface area contributed by atoms with Crippen molar-refractivity contribution in [3.05, 3.63) is 35.9 Å². The number of anilines is 1. The minimum Gasteiger partial charge on any atom is -0.353 e. The molecule has 0 radical (unpaired) electrons. The van der Waals surface area contributed by atoms with E-state index in [-0.39, 0.29) is 11.8 Å². The lowest BCUT2D eigenvalue weighted by Crippen LogP contribution is -2.26. The number of hydrogen-bond acceptors (Lipinski definition) is 6. The van der Waals surface area contributed by atoms with Gasteiger partial charge in [-0.05, 0) is 24.8 Å². The molecular weight excluding hydrogens is 344 g/mol. The molecule has 0 spiro atoms. The van der Waals surface area contributed by atoms with Gasteiger partial charge in [0.05, 0.1) is 5.75 Å². The molecule has 1 heterocycles. The summed E-state index contributed by atoms with van der Waals surface area (Å²) in [4.78, 5) is 23.6. The smallest absolute Gasteiger partial charge is 0.230 e. The van der Waals surface area contributed by atoms with Gasteiger partial charge in [-0.25, -0.2) is 0 Å². The molecule has 2 N–H and O–H groups in total. The van der Waals surface area contributed by atoms with E-state index in [1.807, 2.05) is 30.3 Å². The predicted molar refractivity (Wildman–Crippen MR) is 95.2 cm³/mol. The number of carbonyl (C=O) groups excluding carboxylic acids is 2. The normalized spacial score (nSPS) is 13.5. The van der Waals surface area contributed by atoms with Crippen molar-refractivity contribution in [1.29, 1.82) is 0 Å². The van der Waals surface area contributed by atoms with Crippen LogP contribution in [0.25, 0.3) is 0 Å². The summed E-state index contributed by atoms with van der Waals surface area (Å²) in [6.07, 6.45) is 3.24. The predicted octanol–water partition coefficient (Wildman–Crippen LogP) is 2.48. The highest BCUT2D eigenvalue weighted by molar-refractivity contribution is 8.01. The topological polar surface area (TPSA) is 84.0 Å². The Morgan fingerprint density at radius 3 is 2.71 bits per heavy atom. The first kappa shape index (κ1) is 16.9. The number of rotatable bonds is 8. The molecule has 0 aliphatic heterocycles. The van der Waals surface area contributed by atoms with E-state index in [1.54, 1.807) is 0 Å². The van der Waals surface area contributed by atoms with E-state index >= 15 is 0 Å². The van der Waals surface area contributed by atoms with Crippen LogP contribution in [0.4, 0.5) is 5.13 Å². The zero-order valence-corrected chi connectivity index (χ0v) is 14.7. The number of nitrogens with one attached hydrogen (secondary N) is 2. The van der Waals surface area contributed by atoms with Crippen LogP contribution in [0.15, 0.2) is 34.7 Å². The molecule has 0 unspecified atom stereocenters. The van der Waals surface area contributed by atoms with E-state index in [1.165, 1.54) is 23.1 Å². The highest BCUT2D eigenvalue weighted by Gasteiger charge is 2.23. The second-order valence-corrected chi connectivity index (χ2v) is 7.74. The van der Waals surface area contributed by atoms with Crippen LogP contribution in [0.3, 0.4) is 0 Å². The molecule has 0 atom stereocenters. The number of nitrogens with zero attached hydrogens (tertiary/aromatic N) is 2. The van der Waals surface area contributed by atoms with Crippen LogP contribution in [-0.2, 0) is 16.0 Å². The fraction of sp³-hybridized carbons (Fsp3) is 0.375. The van der Waals surface area contributed by atoms with Crippen molar-refractivity contribution >= 4 is 40.0 Å². The summed E-state index contributed by atoms with van der Waals surface area (Å²) < 4.78 is 0.680. The van der Waals surface area contributed by atoms with Gasteiger partial charge in [-0.3, -0.25) is 9.59 Å². The third-order valence-electron chi connectivity index (χ3n) is 3.41. The molecule has 24 heavy (non-hydrogen) atoms. The summed E-state index contributed by atoms with van der Waals surface area (Å²) in [5, 5.41) is 14.1. The lowest BCUT2D eigenvalue weighted by atomic mass is 10.1.